The van der Waals surface area contributed by atoms with Gasteiger partial charge < -0.3 is 61.4 Å². The van der Waals surface area contributed by atoms with Crippen LogP contribution < -0.4 is 11.1 Å². The zero-order valence-electron chi connectivity index (χ0n) is 17.4. The molecule has 0 spiro atoms. The van der Waals surface area contributed by atoms with Gasteiger partial charge in [0, 0.05) is 6.54 Å². The Hall–Kier alpha value is -0.970. The molecule has 1 heterocycles. The number of rotatable bonds is 13. The molecule has 1 aliphatic rings. The van der Waals surface area contributed by atoms with E-state index in [1.807, 2.05) is 0 Å². The summed E-state index contributed by atoms with van der Waals surface area (Å²) in [5.74, 6) is -0.959. The molecule has 1 aliphatic heterocycles. The highest BCUT2D eigenvalue weighted by atomic mass is 16.7. The summed E-state index contributed by atoms with van der Waals surface area (Å²) in [6, 6.07) is 0. The standard InChI is InChI=1S/C18H36N2O11/c1-18(8-22)15(28)11(25)13(27)17(31-18)30-14(9(23)7-21)10(24)12(26)16(29)20-6-4-2-3-5-19/h9-15,17,21-28H,2-8,19H2,1H3,(H,20,29)/t9?,10?,11-,12?,13?,14?,15-,17-,18?/m1/s1. The SMILES string of the molecule is CC1(CO)O[C@@H](OC(C(O)CO)C(O)C(O)C(=O)NCCCCCN)C(O)[C@@H](O)[C@H]1O. The number of hydrogen-bond acceptors (Lipinski definition) is 12. The number of carbonyl (C=O) groups is 1. The molecule has 0 aliphatic carbocycles. The van der Waals surface area contributed by atoms with Crippen LogP contribution in [0.5, 0.6) is 0 Å². The van der Waals surface area contributed by atoms with E-state index in [2.05, 4.69) is 5.32 Å². The van der Waals surface area contributed by atoms with Crippen LogP contribution in [0.4, 0.5) is 0 Å². The first kappa shape index (κ1) is 28.1. The van der Waals surface area contributed by atoms with E-state index < -0.39 is 73.7 Å². The van der Waals surface area contributed by atoms with Gasteiger partial charge in [-0.15, -0.1) is 0 Å². The van der Waals surface area contributed by atoms with Crippen molar-refractivity contribution < 1.29 is 55.1 Å². The number of nitrogens with one attached hydrogen (secondary N) is 1. The molecule has 31 heavy (non-hydrogen) atoms. The maximum absolute atomic E-state index is 12.1. The van der Waals surface area contributed by atoms with Crippen molar-refractivity contribution in [1.82, 2.24) is 5.32 Å². The van der Waals surface area contributed by atoms with Crippen LogP contribution in [0.2, 0.25) is 0 Å². The average molecular weight is 456 g/mol. The quantitative estimate of drug-likeness (QED) is 0.117. The zero-order valence-corrected chi connectivity index (χ0v) is 17.4. The van der Waals surface area contributed by atoms with E-state index in [1.54, 1.807) is 0 Å². The van der Waals surface area contributed by atoms with E-state index in [0.29, 0.717) is 13.0 Å². The molecule has 1 amide bonds. The van der Waals surface area contributed by atoms with Gasteiger partial charge in [0.05, 0.1) is 13.2 Å². The molecule has 11 N–H and O–H groups in total. The Labute approximate surface area is 180 Å². The number of nitrogens with two attached hydrogens (primary N) is 1. The van der Waals surface area contributed by atoms with Crippen molar-refractivity contribution in [2.24, 2.45) is 5.73 Å². The van der Waals surface area contributed by atoms with Crippen molar-refractivity contribution in [1.29, 1.82) is 0 Å². The summed E-state index contributed by atoms with van der Waals surface area (Å²) in [5.41, 5.74) is 3.61. The Morgan fingerprint density at radius 1 is 1.13 bits per heavy atom. The maximum Gasteiger partial charge on any atom is 0.251 e. The van der Waals surface area contributed by atoms with Crippen LogP contribution in [0.15, 0.2) is 0 Å². The van der Waals surface area contributed by atoms with E-state index in [4.69, 9.17) is 15.2 Å². The van der Waals surface area contributed by atoms with E-state index in [-0.39, 0.29) is 6.54 Å². The van der Waals surface area contributed by atoms with Crippen molar-refractivity contribution in [2.45, 2.75) is 80.8 Å². The van der Waals surface area contributed by atoms with E-state index in [9.17, 15) is 45.6 Å². The first-order chi connectivity index (χ1) is 14.5. The number of carbonyl (C=O) groups excluding carboxylic acids is 1. The van der Waals surface area contributed by atoms with Crippen molar-refractivity contribution in [3.63, 3.8) is 0 Å². The lowest BCUT2D eigenvalue weighted by atomic mass is 9.89. The molecule has 1 saturated heterocycles. The van der Waals surface area contributed by atoms with Crippen LogP contribution in [0, 0.1) is 0 Å². The highest BCUT2D eigenvalue weighted by Crippen LogP contribution is 2.31. The van der Waals surface area contributed by atoms with Gasteiger partial charge in [-0.25, -0.2) is 0 Å². The van der Waals surface area contributed by atoms with E-state index in [0.717, 1.165) is 12.8 Å². The molecule has 0 aromatic heterocycles. The molecule has 1 rings (SSSR count). The fourth-order valence-electron chi connectivity index (χ4n) is 3.11. The third-order valence-corrected chi connectivity index (χ3v) is 5.24. The summed E-state index contributed by atoms with van der Waals surface area (Å²) >= 11 is 0. The van der Waals surface area contributed by atoms with Gasteiger partial charge in [0.2, 0.25) is 0 Å². The zero-order chi connectivity index (χ0) is 23.8. The van der Waals surface area contributed by atoms with Gasteiger partial charge in [-0.1, -0.05) is 6.42 Å². The molecular formula is C18H36N2O11. The van der Waals surface area contributed by atoms with Gasteiger partial charge in [0.15, 0.2) is 12.4 Å². The average Bonchev–Trinajstić information content (AvgIpc) is 2.77. The van der Waals surface area contributed by atoms with E-state index >= 15 is 0 Å². The topological polar surface area (TPSA) is 235 Å². The Morgan fingerprint density at radius 2 is 1.77 bits per heavy atom. The summed E-state index contributed by atoms with van der Waals surface area (Å²) in [5, 5.41) is 81.9. The third-order valence-electron chi connectivity index (χ3n) is 5.24. The minimum Gasteiger partial charge on any atom is -0.394 e. The molecule has 13 heteroatoms. The third kappa shape index (κ3) is 7.27. The Morgan fingerprint density at radius 3 is 2.32 bits per heavy atom. The van der Waals surface area contributed by atoms with Gasteiger partial charge >= 0.3 is 0 Å². The molecule has 0 saturated carbocycles. The highest BCUT2D eigenvalue weighted by molar-refractivity contribution is 5.81. The second-order valence-electron chi connectivity index (χ2n) is 7.81. The van der Waals surface area contributed by atoms with Gasteiger partial charge in [-0.2, -0.15) is 0 Å². The van der Waals surface area contributed by atoms with Crippen molar-refractivity contribution in [3.05, 3.63) is 0 Å². The molecule has 13 nitrogen and oxygen atoms in total. The summed E-state index contributed by atoms with van der Waals surface area (Å²) in [6.07, 6.45) is -12.9. The fraction of sp³-hybridized carbons (Fsp3) is 0.944. The number of hydrogen-bond donors (Lipinski definition) is 10. The molecule has 9 atom stereocenters. The molecule has 0 bridgehead atoms. The van der Waals surface area contributed by atoms with Crippen LogP contribution in [-0.4, -0.2) is 128 Å². The lowest BCUT2D eigenvalue weighted by molar-refractivity contribution is -0.353. The molecule has 0 aromatic carbocycles. The molecule has 6 unspecified atom stereocenters. The predicted octanol–water partition coefficient (Wildman–Crippen LogP) is -5.12. The molecule has 1 fully saturated rings. The van der Waals surface area contributed by atoms with E-state index in [1.165, 1.54) is 6.92 Å². The number of ether oxygens (including phenoxy) is 2. The van der Waals surface area contributed by atoms with Crippen LogP contribution in [0.25, 0.3) is 0 Å². The fourth-order valence-corrected chi connectivity index (χ4v) is 3.11. The molecule has 0 radical (unpaired) electrons. The first-order valence-corrected chi connectivity index (χ1v) is 10.1. The normalized spacial score (nSPS) is 32.8. The lowest BCUT2D eigenvalue weighted by Gasteiger charge is -2.47. The summed E-state index contributed by atoms with van der Waals surface area (Å²) in [7, 11) is 0. The van der Waals surface area contributed by atoms with Gasteiger partial charge in [-0.3, -0.25) is 4.79 Å². The number of amides is 1. The second-order valence-corrected chi connectivity index (χ2v) is 7.81. The Balaban J connectivity index is 2.86. The first-order valence-electron chi connectivity index (χ1n) is 10.1. The van der Waals surface area contributed by atoms with Crippen LogP contribution in [-0.2, 0) is 14.3 Å². The van der Waals surface area contributed by atoms with Crippen molar-refractivity contribution in [3.8, 4) is 0 Å². The molecule has 184 valence electrons. The van der Waals surface area contributed by atoms with Crippen LogP contribution in [0.3, 0.4) is 0 Å². The summed E-state index contributed by atoms with van der Waals surface area (Å²) < 4.78 is 10.6. The van der Waals surface area contributed by atoms with Gasteiger partial charge in [-0.05, 0) is 26.3 Å². The van der Waals surface area contributed by atoms with Crippen LogP contribution >= 0.6 is 0 Å². The second kappa shape index (κ2) is 12.9. The van der Waals surface area contributed by atoms with Gasteiger partial charge in [0.1, 0.15) is 42.2 Å². The summed E-state index contributed by atoms with van der Waals surface area (Å²) in [4.78, 5) is 12.1. The Bertz CT molecular complexity index is 543. The minimum atomic E-state index is -2.07. The van der Waals surface area contributed by atoms with Crippen LogP contribution in [0.1, 0.15) is 26.2 Å². The number of aliphatic hydroxyl groups excluding tert-OH is 8. The predicted molar refractivity (Wildman–Crippen MR) is 104 cm³/mol. The lowest BCUT2D eigenvalue weighted by Crippen LogP contribution is -2.66. The monoisotopic (exact) mass is 456 g/mol. The van der Waals surface area contributed by atoms with Crippen molar-refractivity contribution >= 4 is 5.91 Å². The summed E-state index contributed by atoms with van der Waals surface area (Å²) in [6.45, 7) is 0.219. The number of aliphatic hydroxyl groups is 8. The number of unbranched alkanes of at least 4 members (excludes halogenated alkanes) is 2. The minimum absolute atomic E-state index is 0.208. The highest BCUT2D eigenvalue weighted by Gasteiger charge is 2.52. The van der Waals surface area contributed by atoms with Gasteiger partial charge in [0.25, 0.3) is 5.91 Å². The maximum atomic E-state index is 12.1. The smallest absolute Gasteiger partial charge is 0.251 e. The Kier molecular flexibility index (Phi) is 11.7. The molecule has 0 aromatic rings. The van der Waals surface area contributed by atoms with Crippen molar-refractivity contribution in [2.75, 3.05) is 26.3 Å². The largest absolute Gasteiger partial charge is 0.394 e. The molecular weight excluding hydrogens is 420 g/mol.